The number of benzene rings is 2. The first kappa shape index (κ1) is 16.2. The van der Waals surface area contributed by atoms with Gasteiger partial charge in [-0.3, -0.25) is 9.59 Å². The fourth-order valence-electron chi connectivity index (χ4n) is 2.95. The summed E-state index contributed by atoms with van der Waals surface area (Å²) in [5.74, 6) is -0.551. The molecule has 2 aromatic rings. The van der Waals surface area contributed by atoms with E-state index in [9.17, 15) is 9.59 Å². The van der Waals surface area contributed by atoms with Gasteiger partial charge in [-0.1, -0.05) is 48.0 Å². The SMILES string of the molecule is Cc1ccc(CC(=O)O[C@H](C)C(=O)N2CCc3ccccc32)cc1. The molecule has 0 aliphatic carbocycles. The Kier molecular flexibility index (Phi) is 4.65. The molecule has 1 aliphatic rings. The molecule has 24 heavy (non-hydrogen) atoms. The number of ether oxygens (including phenoxy) is 1. The summed E-state index contributed by atoms with van der Waals surface area (Å²) in [5.41, 5.74) is 4.10. The first-order chi connectivity index (χ1) is 11.5. The van der Waals surface area contributed by atoms with Crippen molar-refractivity contribution in [2.75, 3.05) is 11.4 Å². The molecule has 0 saturated heterocycles. The number of hydrogen-bond acceptors (Lipinski definition) is 3. The molecule has 0 unspecified atom stereocenters. The summed E-state index contributed by atoms with van der Waals surface area (Å²) in [5, 5.41) is 0. The van der Waals surface area contributed by atoms with E-state index >= 15 is 0 Å². The number of para-hydroxylation sites is 1. The number of anilines is 1. The van der Waals surface area contributed by atoms with Crippen molar-refractivity contribution in [3.8, 4) is 0 Å². The molecule has 0 bridgehead atoms. The van der Waals surface area contributed by atoms with Crippen LogP contribution < -0.4 is 4.90 Å². The van der Waals surface area contributed by atoms with Crippen LogP contribution in [0.4, 0.5) is 5.69 Å². The molecular weight excluding hydrogens is 302 g/mol. The molecule has 1 atom stereocenters. The number of esters is 1. The van der Waals surface area contributed by atoms with E-state index in [4.69, 9.17) is 4.74 Å². The highest BCUT2D eigenvalue weighted by atomic mass is 16.5. The second-order valence-corrected chi connectivity index (χ2v) is 6.16. The van der Waals surface area contributed by atoms with Crippen LogP contribution in [0.25, 0.3) is 0 Å². The van der Waals surface area contributed by atoms with Gasteiger partial charge in [0.1, 0.15) is 0 Å². The maximum Gasteiger partial charge on any atom is 0.311 e. The molecule has 2 aromatic carbocycles. The third kappa shape index (κ3) is 3.48. The molecular formula is C20H21NO3. The summed E-state index contributed by atoms with van der Waals surface area (Å²) < 4.78 is 5.34. The van der Waals surface area contributed by atoms with Crippen LogP contribution in [0.5, 0.6) is 0 Å². The Bertz CT molecular complexity index is 752. The summed E-state index contributed by atoms with van der Waals surface area (Å²) >= 11 is 0. The van der Waals surface area contributed by atoms with Crippen molar-refractivity contribution >= 4 is 17.6 Å². The fraction of sp³-hybridized carbons (Fsp3) is 0.300. The smallest absolute Gasteiger partial charge is 0.311 e. The van der Waals surface area contributed by atoms with Crippen LogP contribution >= 0.6 is 0 Å². The van der Waals surface area contributed by atoms with Crippen molar-refractivity contribution in [1.29, 1.82) is 0 Å². The highest BCUT2D eigenvalue weighted by Crippen LogP contribution is 2.28. The second-order valence-electron chi connectivity index (χ2n) is 6.16. The third-order valence-corrected chi connectivity index (χ3v) is 4.28. The van der Waals surface area contributed by atoms with E-state index in [1.165, 1.54) is 0 Å². The Morgan fingerprint density at radius 3 is 2.58 bits per heavy atom. The zero-order chi connectivity index (χ0) is 17.1. The molecule has 4 nitrogen and oxygen atoms in total. The molecule has 0 spiro atoms. The zero-order valence-corrected chi connectivity index (χ0v) is 14.0. The van der Waals surface area contributed by atoms with E-state index in [1.807, 2.05) is 55.5 Å². The van der Waals surface area contributed by atoms with E-state index in [0.717, 1.165) is 28.8 Å². The van der Waals surface area contributed by atoms with Crippen LogP contribution in [0.15, 0.2) is 48.5 Å². The molecule has 0 saturated carbocycles. The van der Waals surface area contributed by atoms with Gasteiger partial charge >= 0.3 is 5.97 Å². The number of amides is 1. The fourth-order valence-corrected chi connectivity index (χ4v) is 2.95. The number of carbonyl (C=O) groups is 2. The average molecular weight is 323 g/mol. The van der Waals surface area contributed by atoms with E-state index in [1.54, 1.807) is 11.8 Å². The molecule has 3 rings (SSSR count). The Hall–Kier alpha value is -2.62. The summed E-state index contributed by atoms with van der Waals surface area (Å²) in [6.07, 6.45) is 0.231. The first-order valence-electron chi connectivity index (χ1n) is 8.19. The number of hydrogen-bond donors (Lipinski definition) is 0. The van der Waals surface area contributed by atoms with Gasteiger partial charge in [0.2, 0.25) is 0 Å². The highest BCUT2D eigenvalue weighted by Gasteiger charge is 2.29. The molecule has 0 fully saturated rings. The van der Waals surface area contributed by atoms with Crippen molar-refractivity contribution < 1.29 is 14.3 Å². The minimum atomic E-state index is -0.783. The monoisotopic (exact) mass is 323 g/mol. The first-order valence-corrected chi connectivity index (χ1v) is 8.19. The minimum Gasteiger partial charge on any atom is -0.452 e. The molecule has 0 N–H and O–H groups in total. The maximum absolute atomic E-state index is 12.6. The predicted octanol–water partition coefficient (Wildman–Crippen LogP) is 3.06. The van der Waals surface area contributed by atoms with Gasteiger partial charge in [0, 0.05) is 12.2 Å². The van der Waals surface area contributed by atoms with Crippen LogP contribution in [0, 0.1) is 6.92 Å². The van der Waals surface area contributed by atoms with Gasteiger partial charge in [-0.15, -0.1) is 0 Å². The van der Waals surface area contributed by atoms with Gasteiger partial charge in [-0.2, -0.15) is 0 Å². The number of nitrogens with zero attached hydrogens (tertiary/aromatic N) is 1. The zero-order valence-electron chi connectivity index (χ0n) is 14.0. The Balaban J connectivity index is 1.60. The normalized spacial score (nSPS) is 14.2. The summed E-state index contributed by atoms with van der Waals surface area (Å²) in [7, 11) is 0. The average Bonchev–Trinajstić information content (AvgIpc) is 3.00. The quantitative estimate of drug-likeness (QED) is 0.813. The van der Waals surface area contributed by atoms with Crippen molar-refractivity contribution in [2.45, 2.75) is 32.8 Å². The molecule has 124 valence electrons. The van der Waals surface area contributed by atoms with Gasteiger partial charge in [0.25, 0.3) is 5.91 Å². The molecule has 1 amide bonds. The Morgan fingerprint density at radius 2 is 1.83 bits per heavy atom. The standard InChI is InChI=1S/C20H21NO3/c1-14-7-9-16(10-8-14)13-19(22)24-15(2)20(23)21-12-11-17-5-3-4-6-18(17)21/h3-10,15H,11-13H2,1-2H3/t15-/m1/s1. The number of rotatable bonds is 4. The van der Waals surface area contributed by atoms with Gasteiger partial charge in [0.15, 0.2) is 6.10 Å². The lowest BCUT2D eigenvalue weighted by Gasteiger charge is -2.21. The van der Waals surface area contributed by atoms with E-state index in [-0.39, 0.29) is 18.3 Å². The Morgan fingerprint density at radius 1 is 1.12 bits per heavy atom. The van der Waals surface area contributed by atoms with Crippen LogP contribution in [0.2, 0.25) is 0 Å². The summed E-state index contributed by atoms with van der Waals surface area (Å²) in [6.45, 7) is 4.27. The maximum atomic E-state index is 12.6. The van der Waals surface area contributed by atoms with Crippen molar-refractivity contribution in [2.24, 2.45) is 0 Å². The van der Waals surface area contributed by atoms with Gasteiger partial charge < -0.3 is 9.64 Å². The molecule has 4 heteroatoms. The lowest BCUT2D eigenvalue weighted by molar-refractivity contribution is -0.153. The van der Waals surface area contributed by atoms with Gasteiger partial charge in [0.05, 0.1) is 6.42 Å². The second kappa shape index (κ2) is 6.87. The number of fused-ring (bicyclic) bond motifs is 1. The molecule has 0 radical (unpaired) electrons. The molecule has 1 heterocycles. The predicted molar refractivity (Wildman–Crippen MR) is 92.9 cm³/mol. The van der Waals surface area contributed by atoms with Gasteiger partial charge in [-0.05, 0) is 37.5 Å². The third-order valence-electron chi connectivity index (χ3n) is 4.28. The van der Waals surface area contributed by atoms with E-state index in [2.05, 4.69) is 0 Å². The van der Waals surface area contributed by atoms with E-state index < -0.39 is 6.10 Å². The van der Waals surface area contributed by atoms with Crippen LogP contribution in [0.3, 0.4) is 0 Å². The summed E-state index contributed by atoms with van der Waals surface area (Å²) in [6, 6.07) is 15.6. The topological polar surface area (TPSA) is 46.6 Å². The van der Waals surface area contributed by atoms with Crippen LogP contribution in [-0.4, -0.2) is 24.5 Å². The van der Waals surface area contributed by atoms with Crippen LogP contribution in [-0.2, 0) is 27.2 Å². The van der Waals surface area contributed by atoms with Crippen LogP contribution in [0.1, 0.15) is 23.6 Å². The van der Waals surface area contributed by atoms with Crippen molar-refractivity contribution in [1.82, 2.24) is 0 Å². The minimum absolute atomic E-state index is 0.169. The highest BCUT2D eigenvalue weighted by molar-refractivity contribution is 5.99. The molecule has 0 aromatic heterocycles. The van der Waals surface area contributed by atoms with Crippen molar-refractivity contribution in [3.63, 3.8) is 0 Å². The number of aryl methyl sites for hydroxylation is 1. The largest absolute Gasteiger partial charge is 0.452 e. The molecule has 1 aliphatic heterocycles. The summed E-state index contributed by atoms with van der Waals surface area (Å²) in [4.78, 5) is 26.4. The Labute approximate surface area is 142 Å². The van der Waals surface area contributed by atoms with Gasteiger partial charge in [-0.25, -0.2) is 0 Å². The number of carbonyl (C=O) groups excluding carboxylic acids is 2. The van der Waals surface area contributed by atoms with Crippen molar-refractivity contribution in [3.05, 3.63) is 65.2 Å². The lowest BCUT2D eigenvalue weighted by Crippen LogP contribution is -2.39. The van der Waals surface area contributed by atoms with E-state index in [0.29, 0.717) is 6.54 Å². The lowest BCUT2D eigenvalue weighted by atomic mass is 10.1.